The van der Waals surface area contributed by atoms with Crippen molar-refractivity contribution in [2.75, 3.05) is 13.2 Å². The van der Waals surface area contributed by atoms with Crippen LogP contribution in [0, 0.1) is 19.3 Å². The Hall–Kier alpha value is -0.910. The van der Waals surface area contributed by atoms with E-state index in [9.17, 15) is 5.11 Å². The van der Waals surface area contributed by atoms with Gasteiger partial charge in [-0.1, -0.05) is 13.8 Å². The first-order valence-corrected chi connectivity index (χ1v) is 7.00. The van der Waals surface area contributed by atoms with Gasteiger partial charge in [0.15, 0.2) is 4.96 Å². The standard InChI is InChI=1S/C13H21N3OS/c1-9-6-16-11(10(2)15-12(16)18-9)5-14-7-13(3,4)8-17/h6,14,17H,5,7-8H2,1-4H3. The van der Waals surface area contributed by atoms with Gasteiger partial charge < -0.3 is 10.4 Å². The van der Waals surface area contributed by atoms with Crippen LogP contribution in [-0.2, 0) is 6.54 Å². The van der Waals surface area contributed by atoms with Crippen LogP contribution in [0.2, 0.25) is 0 Å². The third-order valence-corrected chi connectivity index (χ3v) is 3.96. The van der Waals surface area contributed by atoms with E-state index in [1.165, 1.54) is 10.6 Å². The second kappa shape index (κ2) is 4.99. The molecule has 2 N–H and O–H groups in total. The molecule has 0 amide bonds. The zero-order valence-corrected chi connectivity index (χ0v) is 12.3. The van der Waals surface area contributed by atoms with Crippen molar-refractivity contribution < 1.29 is 5.11 Å². The Morgan fingerprint density at radius 3 is 2.83 bits per heavy atom. The van der Waals surface area contributed by atoms with E-state index in [1.807, 2.05) is 20.8 Å². The van der Waals surface area contributed by atoms with Crippen LogP contribution in [0.25, 0.3) is 4.96 Å². The SMILES string of the molecule is Cc1cn2c(CNCC(C)(C)CO)c(C)nc2s1. The molecule has 2 rings (SSSR count). The monoisotopic (exact) mass is 267 g/mol. The van der Waals surface area contributed by atoms with Crippen molar-refractivity contribution in [2.24, 2.45) is 5.41 Å². The van der Waals surface area contributed by atoms with Gasteiger partial charge in [-0.25, -0.2) is 4.98 Å². The fraction of sp³-hybridized carbons (Fsp3) is 0.615. The van der Waals surface area contributed by atoms with Crippen molar-refractivity contribution >= 4 is 16.3 Å². The Balaban J connectivity index is 2.09. The van der Waals surface area contributed by atoms with Gasteiger partial charge in [0.05, 0.1) is 11.4 Å². The van der Waals surface area contributed by atoms with E-state index in [2.05, 4.69) is 27.8 Å². The molecule has 18 heavy (non-hydrogen) atoms. The van der Waals surface area contributed by atoms with Gasteiger partial charge in [0.2, 0.25) is 0 Å². The number of nitrogens with one attached hydrogen (secondary N) is 1. The zero-order chi connectivity index (χ0) is 13.3. The summed E-state index contributed by atoms with van der Waals surface area (Å²) in [4.78, 5) is 6.89. The largest absolute Gasteiger partial charge is 0.396 e. The van der Waals surface area contributed by atoms with Crippen LogP contribution in [-0.4, -0.2) is 27.6 Å². The van der Waals surface area contributed by atoms with Crippen molar-refractivity contribution in [3.63, 3.8) is 0 Å². The third kappa shape index (κ3) is 2.74. The maximum Gasteiger partial charge on any atom is 0.194 e. The van der Waals surface area contributed by atoms with Gasteiger partial charge in [-0.2, -0.15) is 0 Å². The first-order chi connectivity index (χ1) is 8.43. The number of nitrogens with zero attached hydrogens (tertiary/aromatic N) is 2. The molecule has 0 radical (unpaired) electrons. The average Bonchev–Trinajstić information content (AvgIpc) is 2.76. The summed E-state index contributed by atoms with van der Waals surface area (Å²) >= 11 is 1.71. The molecule has 2 aromatic rings. The molecule has 4 nitrogen and oxygen atoms in total. The van der Waals surface area contributed by atoms with Crippen LogP contribution >= 0.6 is 11.3 Å². The van der Waals surface area contributed by atoms with Crippen LogP contribution in [0.1, 0.15) is 30.1 Å². The number of rotatable bonds is 5. The maximum atomic E-state index is 9.23. The lowest BCUT2D eigenvalue weighted by Gasteiger charge is -2.21. The van der Waals surface area contributed by atoms with Gasteiger partial charge in [-0.15, -0.1) is 11.3 Å². The minimum absolute atomic E-state index is 0.0811. The number of aromatic nitrogens is 2. The quantitative estimate of drug-likeness (QED) is 0.872. The lowest BCUT2D eigenvalue weighted by atomic mass is 9.95. The number of aliphatic hydroxyl groups is 1. The van der Waals surface area contributed by atoms with Crippen molar-refractivity contribution in [2.45, 2.75) is 34.2 Å². The molecule has 0 spiro atoms. The molecule has 0 unspecified atom stereocenters. The lowest BCUT2D eigenvalue weighted by molar-refractivity contribution is 0.156. The average molecular weight is 267 g/mol. The first kappa shape index (κ1) is 13.5. The molecule has 0 aliphatic heterocycles. The van der Waals surface area contributed by atoms with Crippen molar-refractivity contribution in [3.8, 4) is 0 Å². The van der Waals surface area contributed by atoms with Crippen LogP contribution in [0.5, 0.6) is 0 Å². The fourth-order valence-electron chi connectivity index (χ4n) is 1.90. The van der Waals surface area contributed by atoms with Gasteiger partial charge in [0.1, 0.15) is 0 Å². The molecule has 0 fully saturated rings. The second-order valence-corrected chi connectivity index (χ2v) is 6.78. The molecule has 0 aliphatic carbocycles. The molecule has 0 aromatic carbocycles. The highest BCUT2D eigenvalue weighted by molar-refractivity contribution is 7.17. The van der Waals surface area contributed by atoms with Gasteiger partial charge in [-0.3, -0.25) is 4.40 Å². The highest BCUT2D eigenvalue weighted by atomic mass is 32.1. The lowest BCUT2D eigenvalue weighted by Crippen LogP contribution is -2.32. The molecule has 0 saturated carbocycles. The van der Waals surface area contributed by atoms with Gasteiger partial charge in [-0.05, 0) is 13.8 Å². The summed E-state index contributed by atoms with van der Waals surface area (Å²) in [5, 5.41) is 12.6. The molecule has 2 heterocycles. The van der Waals surface area contributed by atoms with E-state index in [4.69, 9.17) is 0 Å². The Morgan fingerprint density at radius 2 is 2.17 bits per heavy atom. The summed E-state index contributed by atoms with van der Waals surface area (Å²) in [5.41, 5.74) is 2.21. The van der Waals surface area contributed by atoms with Crippen molar-refractivity contribution in [1.82, 2.24) is 14.7 Å². The van der Waals surface area contributed by atoms with Crippen LogP contribution in [0.4, 0.5) is 0 Å². The van der Waals surface area contributed by atoms with Crippen LogP contribution in [0.3, 0.4) is 0 Å². The summed E-state index contributed by atoms with van der Waals surface area (Å²) in [5.74, 6) is 0. The van der Waals surface area contributed by atoms with Gasteiger partial charge in [0, 0.05) is 36.2 Å². The summed E-state index contributed by atoms with van der Waals surface area (Å²) in [6.07, 6.45) is 2.13. The Morgan fingerprint density at radius 1 is 1.44 bits per heavy atom. The smallest absolute Gasteiger partial charge is 0.194 e. The number of aryl methyl sites for hydroxylation is 2. The van der Waals surface area contributed by atoms with Gasteiger partial charge >= 0.3 is 0 Å². The summed E-state index contributed by atoms with van der Waals surface area (Å²) in [6, 6.07) is 0. The predicted molar refractivity (Wildman–Crippen MR) is 75.1 cm³/mol. The van der Waals surface area contributed by atoms with Crippen molar-refractivity contribution in [3.05, 3.63) is 22.5 Å². The van der Waals surface area contributed by atoms with E-state index >= 15 is 0 Å². The normalized spacial score (nSPS) is 12.5. The van der Waals surface area contributed by atoms with E-state index in [1.54, 1.807) is 11.3 Å². The minimum Gasteiger partial charge on any atom is -0.396 e. The molecular formula is C13H21N3OS. The van der Waals surface area contributed by atoms with Crippen LogP contribution < -0.4 is 5.32 Å². The topological polar surface area (TPSA) is 49.6 Å². The molecule has 5 heteroatoms. The highest BCUT2D eigenvalue weighted by Gasteiger charge is 2.17. The highest BCUT2D eigenvalue weighted by Crippen LogP contribution is 2.20. The molecule has 0 bridgehead atoms. The maximum absolute atomic E-state index is 9.23. The van der Waals surface area contributed by atoms with Gasteiger partial charge in [0.25, 0.3) is 0 Å². The zero-order valence-electron chi connectivity index (χ0n) is 11.4. The molecule has 0 atom stereocenters. The molecule has 2 aromatic heterocycles. The summed E-state index contributed by atoms with van der Waals surface area (Å²) in [6.45, 7) is 10.0. The Kier molecular flexibility index (Phi) is 3.75. The predicted octanol–water partition coefficient (Wildman–Crippen LogP) is 2.12. The van der Waals surface area contributed by atoms with E-state index in [-0.39, 0.29) is 12.0 Å². The van der Waals surface area contributed by atoms with E-state index in [0.29, 0.717) is 0 Å². The molecule has 0 saturated heterocycles. The summed E-state index contributed by atoms with van der Waals surface area (Å²) in [7, 11) is 0. The number of imidazole rings is 1. The van der Waals surface area contributed by atoms with E-state index in [0.717, 1.165) is 23.7 Å². The molecular weight excluding hydrogens is 246 g/mol. The Labute approximate surface area is 112 Å². The fourth-order valence-corrected chi connectivity index (χ4v) is 2.79. The minimum atomic E-state index is -0.0811. The number of aliphatic hydroxyl groups excluding tert-OH is 1. The number of hydrogen-bond acceptors (Lipinski definition) is 4. The number of fused-ring (bicyclic) bond motifs is 1. The summed E-state index contributed by atoms with van der Waals surface area (Å²) < 4.78 is 2.16. The second-order valence-electron chi connectivity index (χ2n) is 5.56. The third-order valence-electron chi connectivity index (χ3n) is 3.07. The first-order valence-electron chi connectivity index (χ1n) is 6.18. The molecule has 100 valence electrons. The van der Waals surface area contributed by atoms with E-state index < -0.39 is 0 Å². The van der Waals surface area contributed by atoms with Crippen molar-refractivity contribution in [1.29, 1.82) is 0 Å². The Bertz CT molecular complexity index is 542. The number of hydrogen-bond donors (Lipinski definition) is 2. The van der Waals surface area contributed by atoms with Crippen LogP contribution in [0.15, 0.2) is 6.20 Å². The number of thiazole rings is 1. The molecule has 0 aliphatic rings.